The van der Waals surface area contributed by atoms with Gasteiger partial charge in [0, 0.05) is 23.0 Å². The predicted octanol–water partition coefficient (Wildman–Crippen LogP) is 5.32. The number of thioether (sulfide) groups is 1. The Morgan fingerprint density at radius 2 is 1.59 bits per heavy atom. The van der Waals surface area contributed by atoms with Crippen molar-refractivity contribution in [2.75, 3.05) is 5.75 Å². The van der Waals surface area contributed by atoms with Crippen molar-refractivity contribution in [3.63, 3.8) is 0 Å². The molecule has 3 rings (SSSR count). The van der Waals surface area contributed by atoms with Crippen LogP contribution in [-0.4, -0.2) is 11.5 Å². The summed E-state index contributed by atoms with van der Waals surface area (Å²) < 4.78 is 0. The molecule has 2 heteroatoms. The summed E-state index contributed by atoms with van der Waals surface area (Å²) in [6, 6.07) is 21.0. The summed E-state index contributed by atoms with van der Waals surface area (Å²) in [5, 5.41) is 0. The van der Waals surface area contributed by atoms with Crippen molar-refractivity contribution in [3.05, 3.63) is 66.2 Å². The minimum atomic E-state index is 0.148. The van der Waals surface area contributed by atoms with Crippen LogP contribution in [0.4, 0.5) is 0 Å². The first kappa shape index (κ1) is 15.4. The van der Waals surface area contributed by atoms with E-state index in [-0.39, 0.29) is 5.92 Å². The molecule has 1 saturated carbocycles. The minimum absolute atomic E-state index is 0.148. The monoisotopic (exact) mass is 310 g/mol. The van der Waals surface area contributed by atoms with Crippen molar-refractivity contribution in [3.8, 4) is 0 Å². The maximum Gasteiger partial charge on any atom is 0.137 e. The predicted molar refractivity (Wildman–Crippen MR) is 93.3 cm³/mol. The zero-order valence-electron chi connectivity index (χ0n) is 12.8. The van der Waals surface area contributed by atoms with Gasteiger partial charge in [0.25, 0.3) is 0 Å². The maximum absolute atomic E-state index is 12.6. The van der Waals surface area contributed by atoms with Gasteiger partial charge in [-0.05, 0) is 36.5 Å². The molecule has 0 bridgehead atoms. The molecule has 0 amide bonds. The fraction of sp³-hybridized carbons (Fsp3) is 0.350. The van der Waals surface area contributed by atoms with Gasteiger partial charge in [0.2, 0.25) is 0 Å². The van der Waals surface area contributed by atoms with Gasteiger partial charge in [-0.1, -0.05) is 55.0 Å². The van der Waals surface area contributed by atoms with E-state index in [4.69, 9.17) is 0 Å². The third-order valence-corrected chi connectivity index (χ3v) is 5.62. The number of rotatable bonds is 4. The Hall–Kier alpha value is -1.54. The average molecular weight is 310 g/mol. The highest BCUT2D eigenvalue weighted by Gasteiger charge is 2.31. The Morgan fingerprint density at radius 3 is 2.32 bits per heavy atom. The van der Waals surface area contributed by atoms with Gasteiger partial charge in [-0.2, -0.15) is 0 Å². The molecule has 1 nitrogen and oxygen atoms in total. The van der Waals surface area contributed by atoms with Crippen LogP contribution in [0.2, 0.25) is 0 Å². The first-order valence-electron chi connectivity index (χ1n) is 8.10. The molecule has 0 heterocycles. The minimum Gasteiger partial charge on any atom is -0.299 e. The third-order valence-electron chi connectivity index (χ3n) is 4.49. The topological polar surface area (TPSA) is 17.1 Å². The van der Waals surface area contributed by atoms with Crippen molar-refractivity contribution in [1.29, 1.82) is 0 Å². The molecule has 0 aliphatic heterocycles. The number of carbonyl (C=O) groups excluding carboxylic acids is 1. The van der Waals surface area contributed by atoms with E-state index in [1.807, 2.05) is 17.8 Å². The van der Waals surface area contributed by atoms with Crippen LogP contribution in [0.25, 0.3) is 0 Å². The summed E-state index contributed by atoms with van der Waals surface area (Å²) in [4.78, 5) is 13.9. The number of hydrogen-bond acceptors (Lipinski definition) is 2. The second-order valence-electron chi connectivity index (χ2n) is 5.96. The molecule has 0 spiro atoms. The number of hydrogen-bond donors (Lipinski definition) is 0. The van der Waals surface area contributed by atoms with Crippen LogP contribution in [0, 0.1) is 5.92 Å². The van der Waals surface area contributed by atoms with Crippen LogP contribution < -0.4 is 0 Å². The molecule has 2 aromatic rings. The fourth-order valence-electron chi connectivity index (χ4n) is 3.29. The second kappa shape index (κ2) is 7.64. The first-order chi connectivity index (χ1) is 10.8. The van der Waals surface area contributed by atoms with Gasteiger partial charge >= 0.3 is 0 Å². The summed E-state index contributed by atoms with van der Waals surface area (Å²) in [5.74, 6) is 1.87. The molecular formula is C20H22OS. The van der Waals surface area contributed by atoms with E-state index in [0.717, 1.165) is 31.4 Å². The summed E-state index contributed by atoms with van der Waals surface area (Å²) in [6.45, 7) is 0. The van der Waals surface area contributed by atoms with Crippen LogP contribution in [0.1, 0.15) is 37.2 Å². The van der Waals surface area contributed by atoms with E-state index in [9.17, 15) is 4.79 Å². The van der Waals surface area contributed by atoms with Crippen molar-refractivity contribution in [1.82, 2.24) is 0 Å². The van der Waals surface area contributed by atoms with Crippen molar-refractivity contribution >= 4 is 17.5 Å². The molecular weight excluding hydrogens is 288 g/mol. The summed E-state index contributed by atoms with van der Waals surface area (Å²) in [6.07, 6.45) is 4.10. The Balaban J connectivity index is 1.78. The lowest BCUT2D eigenvalue weighted by atomic mass is 9.83. The standard InChI is InChI=1S/C20H22OS/c21-20-14-8-7-13-18(16-9-3-1-4-10-16)19(20)15-22-17-11-5-2-6-12-17/h1-6,9-12,18-19H,7-8,13-15H2/t18-,19+/m1/s1. The maximum atomic E-state index is 12.6. The van der Waals surface area contributed by atoms with E-state index in [0.29, 0.717) is 11.7 Å². The van der Waals surface area contributed by atoms with Crippen LogP contribution in [0.3, 0.4) is 0 Å². The summed E-state index contributed by atoms with van der Waals surface area (Å²) in [7, 11) is 0. The van der Waals surface area contributed by atoms with Gasteiger partial charge in [0.1, 0.15) is 5.78 Å². The molecule has 0 unspecified atom stereocenters. The molecule has 2 aromatic carbocycles. The van der Waals surface area contributed by atoms with Crippen molar-refractivity contribution in [2.24, 2.45) is 5.92 Å². The lowest BCUT2D eigenvalue weighted by Gasteiger charge is -2.24. The Kier molecular flexibility index (Phi) is 5.33. The quantitative estimate of drug-likeness (QED) is 0.561. The highest BCUT2D eigenvalue weighted by atomic mass is 32.2. The van der Waals surface area contributed by atoms with Gasteiger partial charge in [-0.15, -0.1) is 11.8 Å². The molecule has 114 valence electrons. The van der Waals surface area contributed by atoms with Crippen molar-refractivity contribution < 1.29 is 4.79 Å². The zero-order valence-corrected chi connectivity index (χ0v) is 13.6. The Morgan fingerprint density at radius 1 is 0.909 bits per heavy atom. The Bertz CT molecular complexity index is 594. The number of Topliss-reactive ketones (excluding diaryl/α,β-unsaturated/α-hetero) is 1. The van der Waals surface area contributed by atoms with Gasteiger partial charge in [-0.3, -0.25) is 4.79 Å². The van der Waals surface area contributed by atoms with E-state index in [1.165, 1.54) is 10.5 Å². The van der Waals surface area contributed by atoms with Crippen molar-refractivity contribution in [2.45, 2.75) is 36.5 Å². The molecule has 0 N–H and O–H groups in total. The molecule has 1 aliphatic rings. The second-order valence-corrected chi connectivity index (χ2v) is 7.05. The van der Waals surface area contributed by atoms with E-state index < -0.39 is 0 Å². The lowest BCUT2D eigenvalue weighted by Crippen LogP contribution is -2.23. The van der Waals surface area contributed by atoms with Gasteiger partial charge in [0.05, 0.1) is 0 Å². The molecule has 0 saturated heterocycles. The lowest BCUT2D eigenvalue weighted by molar-refractivity contribution is -0.122. The molecule has 2 atom stereocenters. The average Bonchev–Trinajstić information content (AvgIpc) is 2.76. The highest BCUT2D eigenvalue weighted by Crippen LogP contribution is 2.37. The number of carbonyl (C=O) groups is 1. The van der Waals surface area contributed by atoms with E-state index in [2.05, 4.69) is 54.6 Å². The molecule has 0 aromatic heterocycles. The molecule has 22 heavy (non-hydrogen) atoms. The number of ketones is 1. The largest absolute Gasteiger partial charge is 0.299 e. The van der Waals surface area contributed by atoms with Gasteiger partial charge < -0.3 is 0 Å². The van der Waals surface area contributed by atoms with Crippen LogP contribution in [0.15, 0.2) is 65.6 Å². The van der Waals surface area contributed by atoms with Crippen LogP contribution >= 0.6 is 11.8 Å². The normalized spacial score (nSPS) is 22.3. The highest BCUT2D eigenvalue weighted by molar-refractivity contribution is 7.99. The third kappa shape index (κ3) is 3.80. The summed E-state index contributed by atoms with van der Waals surface area (Å²) >= 11 is 1.82. The SMILES string of the molecule is O=C1CCCC[C@H](c2ccccc2)[C@@H]1CSc1ccccc1. The Labute approximate surface area is 137 Å². The van der Waals surface area contributed by atoms with Crippen LogP contribution in [-0.2, 0) is 4.79 Å². The smallest absolute Gasteiger partial charge is 0.137 e. The van der Waals surface area contributed by atoms with Crippen LogP contribution in [0.5, 0.6) is 0 Å². The zero-order chi connectivity index (χ0) is 15.2. The first-order valence-corrected chi connectivity index (χ1v) is 9.08. The summed E-state index contributed by atoms with van der Waals surface area (Å²) in [5.41, 5.74) is 1.33. The molecule has 1 fully saturated rings. The van der Waals surface area contributed by atoms with Gasteiger partial charge in [0.15, 0.2) is 0 Å². The fourth-order valence-corrected chi connectivity index (χ4v) is 4.43. The molecule has 1 aliphatic carbocycles. The van der Waals surface area contributed by atoms with E-state index >= 15 is 0 Å². The number of benzene rings is 2. The van der Waals surface area contributed by atoms with E-state index in [1.54, 1.807) is 0 Å². The molecule has 0 radical (unpaired) electrons. The van der Waals surface area contributed by atoms with Gasteiger partial charge in [-0.25, -0.2) is 0 Å².